The zero-order valence-electron chi connectivity index (χ0n) is 10.2. The molecule has 0 aromatic heterocycles. The summed E-state index contributed by atoms with van der Waals surface area (Å²) >= 11 is 0. The van der Waals surface area contributed by atoms with Crippen molar-refractivity contribution in [1.82, 2.24) is 0 Å². The lowest BCUT2D eigenvalue weighted by atomic mass is 9.93. The minimum Gasteiger partial charge on any atom is -0.397 e. The monoisotopic (exact) mass is 222 g/mol. The zero-order valence-corrected chi connectivity index (χ0v) is 10.2. The normalized spacial score (nSPS) is 19.1. The Morgan fingerprint density at radius 2 is 2.06 bits per heavy atom. The van der Waals surface area contributed by atoms with Gasteiger partial charge in [0.05, 0.1) is 11.4 Å². The van der Waals surface area contributed by atoms with E-state index < -0.39 is 0 Å². The molecule has 1 aliphatic rings. The summed E-state index contributed by atoms with van der Waals surface area (Å²) in [5.74, 6) is -0.222. The number of nitrogens with zero attached hydrogens (tertiary/aromatic N) is 1. The summed E-state index contributed by atoms with van der Waals surface area (Å²) in [4.78, 5) is 2.25. The predicted molar refractivity (Wildman–Crippen MR) is 66.2 cm³/mol. The van der Waals surface area contributed by atoms with Gasteiger partial charge in [-0.15, -0.1) is 0 Å². The Bertz CT molecular complexity index is 413. The van der Waals surface area contributed by atoms with Crippen LogP contribution in [0, 0.1) is 18.2 Å². The second-order valence-corrected chi connectivity index (χ2v) is 5.50. The van der Waals surface area contributed by atoms with Crippen molar-refractivity contribution in [2.45, 2.75) is 27.2 Å². The Hall–Kier alpha value is -1.25. The minimum absolute atomic E-state index is 0.222. The molecule has 16 heavy (non-hydrogen) atoms. The number of anilines is 2. The molecular weight excluding hydrogens is 203 g/mol. The van der Waals surface area contributed by atoms with Gasteiger partial charge in [-0.3, -0.25) is 0 Å². The van der Waals surface area contributed by atoms with E-state index in [2.05, 4.69) is 18.7 Å². The van der Waals surface area contributed by atoms with Crippen molar-refractivity contribution in [2.75, 3.05) is 23.7 Å². The Labute approximate surface area is 96.2 Å². The first-order valence-corrected chi connectivity index (χ1v) is 5.70. The van der Waals surface area contributed by atoms with Crippen LogP contribution >= 0.6 is 0 Å². The van der Waals surface area contributed by atoms with Crippen molar-refractivity contribution in [3.8, 4) is 0 Å². The largest absolute Gasteiger partial charge is 0.397 e. The molecule has 0 amide bonds. The number of aryl methyl sites for hydroxylation is 1. The number of benzene rings is 1. The van der Waals surface area contributed by atoms with Gasteiger partial charge in [-0.2, -0.15) is 0 Å². The molecule has 1 aliphatic heterocycles. The van der Waals surface area contributed by atoms with Crippen LogP contribution in [-0.4, -0.2) is 13.1 Å². The number of hydrogen-bond donors (Lipinski definition) is 1. The summed E-state index contributed by atoms with van der Waals surface area (Å²) < 4.78 is 13.3. The average Bonchev–Trinajstić information content (AvgIpc) is 2.52. The standard InChI is InChI=1S/C13H19FN2/c1-9-6-12(11(15)7-10(9)14)16-5-4-13(2,3)8-16/h6-7H,4-5,8,15H2,1-3H3. The molecule has 0 saturated carbocycles. The third-order valence-electron chi connectivity index (χ3n) is 3.33. The average molecular weight is 222 g/mol. The van der Waals surface area contributed by atoms with Gasteiger partial charge in [0.15, 0.2) is 0 Å². The topological polar surface area (TPSA) is 29.3 Å². The number of hydrogen-bond acceptors (Lipinski definition) is 2. The van der Waals surface area contributed by atoms with Crippen LogP contribution in [0.4, 0.5) is 15.8 Å². The molecule has 0 spiro atoms. The second kappa shape index (κ2) is 3.65. The molecule has 0 bridgehead atoms. The molecule has 2 nitrogen and oxygen atoms in total. The van der Waals surface area contributed by atoms with Gasteiger partial charge in [0.1, 0.15) is 5.82 Å². The molecule has 0 aliphatic carbocycles. The molecule has 1 aromatic carbocycles. The highest BCUT2D eigenvalue weighted by atomic mass is 19.1. The number of nitrogen functional groups attached to an aromatic ring is 1. The lowest BCUT2D eigenvalue weighted by Gasteiger charge is -2.23. The fourth-order valence-corrected chi connectivity index (χ4v) is 2.27. The number of rotatable bonds is 1. The van der Waals surface area contributed by atoms with Crippen LogP contribution in [0.5, 0.6) is 0 Å². The highest BCUT2D eigenvalue weighted by Gasteiger charge is 2.30. The highest BCUT2D eigenvalue weighted by Crippen LogP contribution is 2.35. The second-order valence-electron chi connectivity index (χ2n) is 5.50. The van der Waals surface area contributed by atoms with Crippen LogP contribution in [0.2, 0.25) is 0 Å². The van der Waals surface area contributed by atoms with Crippen LogP contribution in [0.25, 0.3) is 0 Å². The first-order valence-electron chi connectivity index (χ1n) is 5.70. The van der Waals surface area contributed by atoms with Crippen molar-refractivity contribution >= 4 is 11.4 Å². The van der Waals surface area contributed by atoms with Crippen molar-refractivity contribution < 1.29 is 4.39 Å². The van der Waals surface area contributed by atoms with E-state index in [1.165, 1.54) is 6.07 Å². The molecule has 1 heterocycles. The quantitative estimate of drug-likeness (QED) is 0.740. The minimum atomic E-state index is -0.222. The van der Waals surface area contributed by atoms with Gasteiger partial charge in [0.2, 0.25) is 0 Å². The fraction of sp³-hybridized carbons (Fsp3) is 0.538. The van der Waals surface area contributed by atoms with E-state index in [0.717, 1.165) is 25.2 Å². The smallest absolute Gasteiger partial charge is 0.128 e. The van der Waals surface area contributed by atoms with Gasteiger partial charge in [0.25, 0.3) is 0 Å². The van der Waals surface area contributed by atoms with Crippen molar-refractivity contribution in [1.29, 1.82) is 0 Å². The Kier molecular flexibility index (Phi) is 2.56. The van der Waals surface area contributed by atoms with E-state index in [9.17, 15) is 4.39 Å². The Morgan fingerprint density at radius 3 is 2.62 bits per heavy atom. The molecule has 3 heteroatoms. The van der Waals surface area contributed by atoms with Crippen molar-refractivity contribution in [3.63, 3.8) is 0 Å². The molecule has 0 radical (unpaired) electrons. The first kappa shape index (κ1) is 11.2. The van der Waals surface area contributed by atoms with Crippen molar-refractivity contribution in [2.24, 2.45) is 5.41 Å². The van der Waals surface area contributed by atoms with Crippen molar-refractivity contribution in [3.05, 3.63) is 23.5 Å². The fourth-order valence-electron chi connectivity index (χ4n) is 2.27. The molecule has 88 valence electrons. The number of nitrogens with two attached hydrogens (primary N) is 1. The Balaban J connectivity index is 2.32. The van der Waals surface area contributed by atoms with Gasteiger partial charge in [-0.1, -0.05) is 13.8 Å². The van der Waals surface area contributed by atoms with Gasteiger partial charge >= 0.3 is 0 Å². The van der Waals surface area contributed by atoms with Crippen LogP contribution in [0.1, 0.15) is 25.8 Å². The van der Waals surface area contributed by atoms with E-state index in [1.807, 2.05) is 6.07 Å². The predicted octanol–water partition coefficient (Wildman–Crippen LogP) is 2.95. The van der Waals surface area contributed by atoms with Gasteiger partial charge in [-0.05, 0) is 36.5 Å². The molecular formula is C13H19FN2. The zero-order chi connectivity index (χ0) is 11.9. The summed E-state index contributed by atoms with van der Waals surface area (Å²) in [5.41, 5.74) is 8.38. The number of halogens is 1. The summed E-state index contributed by atoms with van der Waals surface area (Å²) in [6.07, 6.45) is 1.16. The SMILES string of the molecule is Cc1cc(N2CCC(C)(C)C2)c(N)cc1F. The summed E-state index contributed by atoms with van der Waals surface area (Å²) in [6, 6.07) is 3.28. The maximum atomic E-state index is 13.3. The van der Waals surface area contributed by atoms with Crippen LogP contribution in [0.15, 0.2) is 12.1 Å². The lowest BCUT2D eigenvalue weighted by molar-refractivity contribution is 0.418. The van der Waals surface area contributed by atoms with E-state index in [1.54, 1.807) is 6.92 Å². The maximum absolute atomic E-state index is 13.3. The van der Waals surface area contributed by atoms with E-state index >= 15 is 0 Å². The van der Waals surface area contributed by atoms with Crippen LogP contribution < -0.4 is 10.6 Å². The van der Waals surface area contributed by atoms with Gasteiger partial charge < -0.3 is 10.6 Å². The molecule has 2 N–H and O–H groups in total. The molecule has 1 saturated heterocycles. The Morgan fingerprint density at radius 1 is 1.38 bits per heavy atom. The third-order valence-corrected chi connectivity index (χ3v) is 3.33. The maximum Gasteiger partial charge on any atom is 0.128 e. The molecule has 1 aromatic rings. The third kappa shape index (κ3) is 1.99. The molecule has 2 rings (SSSR count). The van der Waals surface area contributed by atoms with E-state index in [4.69, 9.17) is 5.73 Å². The molecule has 1 fully saturated rings. The lowest BCUT2D eigenvalue weighted by Crippen LogP contribution is -2.23. The van der Waals surface area contributed by atoms with Crippen LogP contribution in [-0.2, 0) is 0 Å². The summed E-state index contributed by atoms with van der Waals surface area (Å²) in [7, 11) is 0. The van der Waals surface area contributed by atoms with E-state index in [0.29, 0.717) is 16.7 Å². The van der Waals surface area contributed by atoms with Gasteiger partial charge in [-0.25, -0.2) is 4.39 Å². The van der Waals surface area contributed by atoms with Gasteiger partial charge in [0, 0.05) is 13.1 Å². The summed E-state index contributed by atoms with van der Waals surface area (Å²) in [5, 5.41) is 0. The summed E-state index contributed by atoms with van der Waals surface area (Å²) in [6.45, 7) is 8.27. The molecule has 0 unspecified atom stereocenters. The molecule has 0 atom stereocenters. The highest BCUT2D eigenvalue weighted by molar-refractivity contribution is 5.69. The first-order chi connectivity index (χ1) is 7.39. The van der Waals surface area contributed by atoms with Crippen LogP contribution in [0.3, 0.4) is 0 Å². The van der Waals surface area contributed by atoms with E-state index in [-0.39, 0.29) is 5.82 Å².